The summed E-state index contributed by atoms with van der Waals surface area (Å²) in [5.74, 6) is -1.38. The summed E-state index contributed by atoms with van der Waals surface area (Å²) in [6.45, 7) is 1.72. The highest BCUT2D eigenvalue weighted by molar-refractivity contribution is 7.17. The van der Waals surface area contributed by atoms with Gasteiger partial charge in [0.25, 0.3) is 5.91 Å². The monoisotopic (exact) mass is 377 g/mol. The molecule has 9 heteroatoms. The lowest BCUT2D eigenvalue weighted by Crippen LogP contribution is -2.42. The number of hydrogen-bond donors (Lipinski definition) is 2. The van der Waals surface area contributed by atoms with Gasteiger partial charge >= 0.3 is 12.0 Å². The number of hydrogen-bond acceptors (Lipinski definition) is 7. The van der Waals surface area contributed by atoms with E-state index in [-0.39, 0.29) is 6.54 Å². The van der Waals surface area contributed by atoms with Gasteiger partial charge in [0.2, 0.25) is 0 Å². The molecule has 2 aromatic rings. The molecule has 26 heavy (non-hydrogen) atoms. The fraction of sp³-hybridized carbons (Fsp3) is 0.294. The summed E-state index contributed by atoms with van der Waals surface area (Å²) in [6.07, 6.45) is 0. The molecule has 2 N–H and O–H groups in total. The van der Waals surface area contributed by atoms with Crippen molar-refractivity contribution in [3.05, 3.63) is 40.9 Å². The van der Waals surface area contributed by atoms with Crippen LogP contribution in [0.4, 0.5) is 4.79 Å². The summed E-state index contributed by atoms with van der Waals surface area (Å²) in [6, 6.07) is 8.76. The van der Waals surface area contributed by atoms with Crippen molar-refractivity contribution in [2.75, 3.05) is 26.9 Å². The predicted octanol–water partition coefficient (Wildman–Crippen LogP) is 1.75. The quantitative estimate of drug-likeness (QED) is 0.562. The minimum absolute atomic E-state index is 0.262. The Hall–Kier alpha value is -2.78. The molecule has 0 unspecified atom stereocenters. The number of thiazole rings is 1. The standard InChI is InChI=1S/C17H19N3O5S/c1-11-14(26-15(19-11)12-6-4-3-5-7-12)16(22)25-10-13(21)20-17(23)18-8-9-24-2/h3-7H,8-10H2,1-2H3,(H2,18,20,21,23). The fourth-order valence-electron chi connectivity index (χ4n) is 1.96. The lowest BCUT2D eigenvalue weighted by atomic mass is 10.2. The second-order valence-electron chi connectivity index (χ2n) is 5.17. The van der Waals surface area contributed by atoms with Crippen LogP contribution >= 0.6 is 11.3 Å². The third-order valence-electron chi connectivity index (χ3n) is 3.18. The Morgan fingerprint density at radius 1 is 1.19 bits per heavy atom. The molecule has 8 nitrogen and oxygen atoms in total. The van der Waals surface area contributed by atoms with Crippen molar-refractivity contribution in [2.24, 2.45) is 0 Å². The van der Waals surface area contributed by atoms with Crippen LogP contribution < -0.4 is 10.6 Å². The minimum atomic E-state index is -0.723. The van der Waals surface area contributed by atoms with Crippen molar-refractivity contribution in [3.63, 3.8) is 0 Å². The number of nitrogens with zero attached hydrogens (tertiary/aromatic N) is 1. The first-order valence-corrected chi connectivity index (χ1v) is 8.59. The molecule has 2 rings (SSSR count). The molecule has 0 saturated heterocycles. The number of carbonyl (C=O) groups excluding carboxylic acids is 3. The van der Waals surface area contributed by atoms with Gasteiger partial charge in [0.05, 0.1) is 12.3 Å². The Labute approximate surface area is 154 Å². The van der Waals surface area contributed by atoms with Crippen LogP contribution in [0.3, 0.4) is 0 Å². The number of nitrogens with one attached hydrogen (secondary N) is 2. The van der Waals surface area contributed by atoms with E-state index in [2.05, 4.69) is 15.6 Å². The molecule has 0 aliphatic heterocycles. The number of esters is 1. The van der Waals surface area contributed by atoms with Crippen LogP contribution in [0.1, 0.15) is 15.4 Å². The maximum Gasteiger partial charge on any atom is 0.350 e. The van der Waals surface area contributed by atoms with Gasteiger partial charge in [0, 0.05) is 19.2 Å². The summed E-state index contributed by atoms with van der Waals surface area (Å²) in [5, 5.41) is 5.17. The SMILES string of the molecule is COCCNC(=O)NC(=O)COC(=O)c1sc(-c2ccccc2)nc1C. The Kier molecular flexibility index (Phi) is 7.24. The molecule has 0 bridgehead atoms. The number of amides is 3. The van der Waals surface area contributed by atoms with E-state index in [9.17, 15) is 14.4 Å². The molecule has 0 spiro atoms. The summed E-state index contributed by atoms with van der Waals surface area (Å²) >= 11 is 1.19. The highest BCUT2D eigenvalue weighted by Gasteiger charge is 2.19. The number of ether oxygens (including phenoxy) is 2. The van der Waals surface area contributed by atoms with E-state index >= 15 is 0 Å². The van der Waals surface area contributed by atoms with Crippen molar-refractivity contribution in [1.82, 2.24) is 15.6 Å². The number of benzene rings is 1. The van der Waals surface area contributed by atoms with E-state index in [0.717, 1.165) is 5.56 Å². The predicted molar refractivity (Wildman–Crippen MR) is 96.0 cm³/mol. The van der Waals surface area contributed by atoms with Gasteiger partial charge in [-0.3, -0.25) is 10.1 Å². The Morgan fingerprint density at radius 2 is 1.92 bits per heavy atom. The van der Waals surface area contributed by atoms with Crippen LogP contribution in [0, 0.1) is 6.92 Å². The number of aromatic nitrogens is 1. The van der Waals surface area contributed by atoms with Gasteiger partial charge in [-0.1, -0.05) is 30.3 Å². The molecular formula is C17H19N3O5S. The van der Waals surface area contributed by atoms with Crippen LogP contribution in [0.5, 0.6) is 0 Å². The highest BCUT2D eigenvalue weighted by atomic mass is 32.1. The van der Waals surface area contributed by atoms with Gasteiger partial charge in [-0.05, 0) is 6.92 Å². The van der Waals surface area contributed by atoms with Crippen molar-refractivity contribution < 1.29 is 23.9 Å². The first kappa shape index (κ1) is 19.5. The van der Waals surface area contributed by atoms with Crippen LogP contribution in [0.25, 0.3) is 10.6 Å². The van der Waals surface area contributed by atoms with E-state index in [4.69, 9.17) is 9.47 Å². The van der Waals surface area contributed by atoms with E-state index in [0.29, 0.717) is 22.2 Å². The first-order chi connectivity index (χ1) is 12.5. The lowest BCUT2D eigenvalue weighted by molar-refractivity contribution is -0.123. The van der Waals surface area contributed by atoms with Crippen molar-refractivity contribution in [1.29, 1.82) is 0 Å². The number of rotatable bonds is 7. The third-order valence-corrected chi connectivity index (χ3v) is 4.37. The summed E-state index contributed by atoms with van der Waals surface area (Å²) in [4.78, 5) is 39.9. The third kappa shape index (κ3) is 5.64. The molecule has 0 aliphatic rings. The van der Waals surface area contributed by atoms with Gasteiger partial charge < -0.3 is 14.8 Å². The molecule has 138 valence electrons. The zero-order chi connectivity index (χ0) is 18.9. The summed E-state index contributed by atoms with van der Waals surface area (Å²) < 4.78 is 9.73. The molecule has 0 fully saturated rings. The normalized spacial score (nSPS) is 10.2. The number of aryl methyl sites for hydroxylation is 1. The molecule has 3 amide bonds. The smallest absolute Gasteiger partial charge is 0.350 e. The molecule has 0 aliphatic carbocycles. The maximum atomic E-state index is 12.2. The van der Waals surface area contributed by atoms with Gasteiger partial charge in [-0.15, -0.1) is 11.3 Å². The molecule has 1 aromatic carbocycles. The Bertz CT molecular complexity index is 776. The second kappa shape index (κ2) is 9.64. The van der Waals surface area contributed by atoms with E-state index in [1.165, 1.54) is 18.4 Å². The Morgan fingerprint density at radius 3 is 2.62 bits per heavy atom. The lowest BCUT2D eigenvalue weighted by Gasteiger charge is -2.06. The van der Waals surface area contributed by atoms with Gasteiger partial charge in [0.1, 0.15) is 9.88 Å². The fourth-order valence-corrected chi connectivity index (χ4v) is 2.93. The van der Waals surface area contributed by atoms with Gasteiger partial charge in [0.15, 0.2) is 6.61 Å². The average molecular weight is 377 g/mol. The number of methoxy groups -OCH3 is 1. The Balaban J connectivity index is 1.87. The van der Waals surface area contributed by atoms with Crippen molar-refractivity contribution >= 4 is 29.2 Å². The highest BCUT2D eigenvalue weighted by Crippen LogP contribution is 2.28. The zero-order valence-electron chi connectivity index (χ0n) is 14.4. The number of urea groups is 1. The maximum absolute atomic E-state index is 12.2. The van der Waals surface area contributed by atoms with E-state index < -0.39 is 24.5 Å². The van der Waals surface area contributed by atoms with Crippen LogP contribution in [0.15, 0.2) is 30.3 Å². The second-order valence-corrected chi connectivity index (χ2v) is 6.17. The summed E-state index contributed by atoms with van der Waals surface area (Å²) in [7, 11) is 1.49. The van der Waals surface area contributed by atoms with Crippen LogP contribution in [0.2, 0.25) is 0 Å². The summed E-state index contributed by atoms with van der Waals surface area (Å²) in [5.41, 5.74) is 1.42. The average Bonchev–Trinajstić information content (AvgIpc) is 3.02. The van der Waals surface area contributed by atoms with Crippen LogP contribution in [-0.4, -0.2) is 49.8 Å². The van der Waals surface area contributed by atoms with Crippen molar-refractivity contribution in [3.8, 4) is 10.6 Å². The molecule has 0 atom stereocenters. The number of imide groups is 1. The zero-order valence-corrected chi connectivity index (χ0v) is 15.2. The molecule has 0 saturated carbocycles. The molecular weight excluding hydrogens is 358 g/mol. The first-order valence-electron chi connectivity index (χ1n) is 7.78. The molecule has 1 heterocycles. The molecule has 0 radical (unpaired) electrons. The van der Waals surface area contributed by atoms with Gasteiger partial charge in [-0.2, -0.15) is 0 Å². The largest absolute Gasteiger partial charge is 0.451 e. The van der Waals surface area contributed by atoms with Gasteiger partial charge in [-0.25, -0.2) is 14.6 Å². The van der Waals surface area contributed by atoms with E-state index in [1.54, 1.807) is 6.92 Å². The van der Waals surface area contributed by atoms with Crippen molar-refractivity contribution in [2.45, 2.75) is 6.92 Å². The molecule has 1 aromatic heterocycles. The minimum Gasteiger partial charge on any atom is -0.451 e. The van der Waals surface area contributed by atoms with E-state index in [1.807, 2.05) is 30.3 Å². The number of carbonyl (C=O) groups is 3. The topological polar surface area (TPSA) is 107 Å². The van der Waals surface area contributed by atoms with Crippen LogP contribution in [-0.2, 0) is 14.3 Å².